The van der Waals surface area contributed by atoms with E-state index in [9.17, 15) is 4.79 Å². The molecule has 0 bridgehead atoms. The van der Waals surface area contributed by atoms with Crippen LogP contribution >= 0.6 is 23.6 Å². The summed E-state index contributed by atoms with van der Waals surface area (Å²) in [4.78, 5) is 19.3. The number of aromatic amines is 1. The lowest BCUT2D eigenvalue weighted by Crippen LogP contribution is -2.22. The Hall–Kier alpha value is -1.87. The van der Waals surface area contributed by atoms with Crippen LogP contribution in [0.25, 0.3) is 0 Å². The third kappa shape index (κ3) is 3.42. The van der Waals surface area contributed by atoms with E-state index >= 15 is 0 Å². The van der Waals surface area contributed by atoms with Gasteiger partial charge in [0.25, 0.3) is 5.56 Å². The summed E-state index contributed by atoms with van der Waals surface area (Å²) in [5.41, 5.74) is -0.0163. The van der Waals surface area contributed by atoms with Crippen molar-refractivity contribution in [2.24, 2.45) is 5.10 Å². The minimum absolute atomic E-state index is 0.162. The van der Waals surface area contributed by atoms with E-state index in [1.165, 1.54) is 11.3 Å². The van der Waals surface area contributed by atoms with E-state index < -0.39 is 0 Å². The number of nitrogens with one attached hydrogen (secondary N) is 1. The molecular weight excluding hydrogens is 308 g/mol. The van der Waals surface area contributed by atoms with Gasteiger partial charge in [-0.25, -0.2) is 4.98 Å². The Morgan fingerprint density at radius 2 is 2.24 bits per heavy atom. The lowest BCUT2D eigenvalue weighted by Gasteiger charge is -2.16. The summed E-state index contributed by atoms with van der Waals surface area (Å²) in [5.74, 6) is 0. The van der Waals surface area contributed by atoms with Crippen molar-refractivity contribution in [3.63, 3.8) is 0 Å². The van der Waals surface area contributed by atoms with Crippen LogP contribution in [0, 0.1) is 11.7 Å². The minimum atomic E-state index is -0.330. The van der Waals surface area contributed by atoms with Crippen LogP contribution < -0.4 is 10.5 Å². The summed E-state index contributed by atoms with van der Waals surface area (Å²) in [6.07, 6.45) is 3.31. The van der Waals surface area contributed by atoms with Gasteiger partial charge in [0.15, 0.2) is 5.13 Å². The zero-order chi connectivity index (χ0) is 15.4. The molecule has 7 nitrogen and oxygen atoms in total. The van der Waals surface area contributed by atoms with Gasteiger partial charge >= 0.3 is 0 Å². The van der Waals surface area contributed by atoms with Crippen LogP contribution in [0.4, 0.5) is 5.13 Å². The number of thiazole rings is 1. The van der Waals surface area contributed by atoms with E-state index in [1.807, 2.05) is 0 Å². The molecule has 9 heteroatoms. The molecule has 0 aliphatic carbocycles. The molecular formula is C12H16N6OS2. The molecule has 21 heavy (non-hydrogen) atoms. The van der Waals surface area contributed by atoms with E-state index in [1.54, 1.807) is 19.3 Å². The molecule has 0 fully saturated rings. The summed E-state index contributed by atoms with van der Waals surface area (Å²) >= 11 is 6.53. The molecule has 0 radical (unpaired) electrons. The van der Waals surface area contributed by atoms with Crippen molar-refractivity contribution in [3.05, 3.63) is 31.9 Å². The van der Waals surface area contributed by atoms with Gasteiger partial charge in [0.1, 0.15) is 5.69 Å². The van der Waals surface area contributed by atoms with Crippen molar-refractivity contribution in [2.45, 2.75) is 20.8 Å². The summed E-state index contributed by atoms with van der Waals surface area (Å²) in [6, 6.07) is 0. The average molecular weight is 324 g/mol. The van der Waals surface area contributed by atoms with Crippen molar-refractivity contribution in [1.29, 1.82) is 0 Å². The zero-order valence-electron chi connectivity index (χ0n) is 12.0. The van der Waals surface area contributed by atoms with E-state index in [0.717, 1.165) is 27.8 Å². The summed E-state index contributed by atoms with van der Waals surface area (Å²) in [7, 11) is 0. The van der Waals surface area contributed by atoms with Crippen LogP contribution in [0.1, 0.15) is 24.4 Å². The summed E-state index contributed by atoms with van der Waals surface area (Å²) < 4.78 is 1.28. The molecule has 0 atom stereocenters. The second-order valence-corrected chi connectivity index (χ2v) is 5.62. The van der Waals surface area contributed by atoms with Gasteiger partial charge in [0.2, 0.25) is 4.77 Å². The molecule has 2 rings (SSSR count). The largest absolute Gasteiger partial charge is 0.349 e. The molecule has 0 amide bonds. The van der Waals surface area contributed by atoms with Gasteiger partial charge in [-0.15, -0.1) is 0 Å². The highest BCUT2D eigenvalue weighted by atomic mass is 32.1. The van der Waals surface area contributed by atoms with Gasteiger partial charge in [0, 0.05) is 19.3 Å². The van der Waals surface area contributed by atoms with Gasteiger partial charge in [-0.3, -0.25) is 9.89 Å². The van der Waals surface area contributed by atoms with Crippen LogP contribution in [-0.2, 0) is 0 Å². The van der Waals surface area contributed by atoms with Crippen molar-refractivity contribution in [3.8, 4) is 0 Å². The van der Waals surface area contributed by atoms with E-state index in [4.69, 9.17) is 12.2 Å². The maximum absolute atomic E-state index is 11.9. The molecule has 112 valence electrons. The van der Waals surface area contributed by atoms with Crippen LogP contribution in [0.2, 0.25) is 0 Å². The van der Waals surface area contributed by atoms with Crippen molar-refractivity contribution in [2.75, 3.05) is 18.0 Å². The van der Waals surface area contributed by atoms with Crippen LogP contribution in [0.5, 0.6) is 0 Å². The fourth-order valence-corrected chi connectivity index (χ4v) is 2.75. The highest BCUT2D eigenvalue weighted by Crippen LogP contribution is 2.20. The topological polar surface area (TPSA) is 79.2 Å². The third-order valence-corrected chi connectivity index (χ3v) is 4.12. The number of aryl methyl sites for hydroxylation is 1. The highest BCUT2D eigenvalue weighted by molar-refractivity contribution is 7.71. The average Bonchev–Trinajstić information content (AvgIpc) is 2.93. The number of H-pyrrole nitrogens is 1. The Morgan fingerprint density at radius 3 is 2.90 bits per heavy atom. The van der Waals surface area contributed by atoms with E-state index in [-0.39, 0.29) is 10.3 Å². The van der Waals surface area contributed by atoms with Gasteiger partial charge in [-0.2, -0.15) is 14.9 Å². The number of hydrogen-bond donors (Lipinski definition) is 1. The van der Waals surface area contributed by atoms with E-state index in [0.29, 0.717) is 5.69 Å². The molecule has 0 saturated carbocycles. The predicted octanol–water partition coefficient (Wildman–Crippen LogP) is 1.79. The Kier molecular flexibility index (Phi) is 4.97. The first-order valence-electron chi connectivity index (χ1n) is 6.50. The SMILES string of the molecule is CCN(CC)c1ncc(/C=N\n2c(=S)[nH]nc(C)c2=O)s1. The molecule has 1 N–H and O–H groups in total. The summed E-state index contributed by atoms with van der Waals surface area (Å²) in [5, 5.41) is 11.4. The Morgan fingerprint density at radius 1 is 1.52 bits per heavy atom. The highest BCUT2D eigenvalue weighted by Gasteiger charge is 2.07. The smallest absolute Gasteiger partial charge is 0.296 e. The molecule has 0 spiro atoms. The Bertz CT molecular complexity index is 756. The van der Waals surface area contributed by atoms with Gasteiger partial charge in [-0.05, 0) is 33.0 Å². The molecule has 0 unspecified atom stereocenters. The first-order chi connectivity index (χ1) is 10.1. The Labute approximate surface area is 131 Å². The maximum atomic E-state index is 11.9. The van der Waals surface area contributed by atoms with Crippen molar-refractivity contribution >= 4 is 34.9 Å². The fraction of sp³-hybridized carbons (Fsp3) is 0.417. The standard InChI is InChI=1S/C12H16N6OS2/c1-4-17(5-2)12-13-6-9(21-12)7-14-18-10(19)8(3)15-16-11(18)20/h6-7H,4-5H2,1-3H3,(H,16,20)/b14-7-. The normalized spacial score (nSPS) is 11.2. The molecule has 0 saturated heterocycles. The second-order valence-electron chi connectivity index (χ2n) is 4.19. The first kappa shape index (κ1) is 15.5. The lowest BCUT2D eigenvalue weighted by molar-refractivity contribution is 0.720. The predicted molar refractivity (Wildman–Crippen MR) is 87.1 cm³/mol. The number of aromatic nitrogens is 4. The number of anilines is 1. The third-order valence-electron chi connectivity index (χ3n) is 2.86. The maximum Gasteiger partial charge on any atom is 0.296 e. The van der Waals surface area contributed by atoms with Crippen molar-refractivity contribution < 1.29 is 0 Å². The second kappa shape index (κ2) is 6.72. The van der Waals surface area contributed by atoms with Crippen LogP contribution in [0.3, 0.4) is 0 Å². The first-order valence-corrected chi connectivity index (χ1v) is 7.72. The molecule has 0 aliphatic rings. The van der Waals surface area contributed by atoms with Crippen LogP contribution in [0.15, 0.2) is 16.1 Å². The zero-order valence-corrected chi connectivity index (χ0v) is 13.7. The van der Waals surface area contributed by atoms with Crippen LogP contribution in [-0.4, -0.2) is 39.2 Å². The molecule has 0 aliphatic heterocycles. The quantitative estimate of drug-likeness (QED) is 0.670. The van der Waals surface area contributed by atoms with Gasteiger partial charge in [0.05, 0.1) is 11.1 Å². The molecule has 0 aromatic carbocycles. The summed E-state index contributed by atoms with van der Waals surface area (Å²) in [6.45, 7) is 7.56. The Balaban J connectivity index is 2.29. The number of hydrogen-bond acceptors (Lipinski definition) is 7. The monoisotopic (exact) mass is 324 g/mol. The minimum Gasteiger partial charge on any atom is -0.349 e. The molecule has 2 heterocycles. The molecule has 2 aromatic rings. The number of nitrogens with zero attached hydrogens (tertiary/aromatic N) is 5. The van der Waals surface area contributed by atoms with Crippen molar-refractivity contribution in [1.82, 2.24) is 19.9 Å². The van der Waals surface area contributed by atoms with Gasteiger partial charge in [-0.1, -0.05) is 11.3 Å². The number of rotatable bonds is 5. The lowest BCUT2D eigenvalue weighted by atomic mass is 10.5. The molecule has 2 aromatic heterocycles. The fourth-order valence-electron chi connectivity index (χ4n) is 1.67. The van der Waals surface area contributed by atoms with E-state index in [2.05, 4.69) is 39.0 Å². The van der Waals surface area contributed by atoms with Gasteiger partial charge < -0.3 is 4.90 Å².